The Balaban J connectivity index is 2.64. The molecule has 5 heteroatoms. The fourth-order valence-electron chi connectivity index (χ4n) is 0.958. The van der Waals surface area contributed by atoms with Crippen LogP contribution < -0.4 is 0 Å². The lowest BCUT2D eigenvalue weighted by atomic mass is 10.3. The molecular weight excluding hydrogens is 181 g/mol. The van der Waals surface area contributed by atoms with Gasteiger partial charge < -0.3 is 0 Å². The molecule has 0 saturated heterocycles. The van der Waals surface area contributed by atoms with E-state index >= 15 is 0 Å². The van der Waals surface area contributed by atoms with E-state index in [1.54, 1.807) is 0 Å². The van der Waals surface area contributed by atoms with Gasteiger partial charge in [-0.15, -0.1) is 0 Å². The van der Waals surface area contributed by atoms with Gasteiger partial charge in [0.2, 0.25) is 0 Å². The zero-order valence-corrected chi connectivity index (χ0v) is 7.30. The van der Waals surface area contributed by atoms with E-state index in [4.69, 9.17) is 0 Å². The van der Waals surface area contributed by atoms with Gasteiger partial charge in [0.1, 0.15) is 0 Å². The van der Waals surface area contributed by atoms with Crippen molar-refractivity contribution >= 4 is 0 Å². The van der Waals surface area contributed by atoms with Crippen molar-refractivity contribution in [1.82, 2.24) is 9.78 Å². The lowest BCUT2D eigenvalue weighted by Gasteiger charge is -2.01. The summed E-state index contributed by atoms with van der Waals surface area (Å²) in [7, 11) is 0. The molecule has 2 nitrogen and oxygen atoms in total. The van der Waals surface area contributed by atoms with Crippen LogP contribution >= 0.6 is 0 Å². The second kappa shape index (κ2) is 3.81. The third kappa shape index (κ3) is 2.75. The molecule has 0 unspecified atom stereocenters. The predicted molar refractivity (Wildman–Crippen MR) is 42.1 cm³/mol. The van der Waals surface area contributed by atoms with E-state index < -0.39 is 11.9 Å². The summed E-state index contributed by atoms with van der Waals surface area (Å²) in [5.41, 5.74) is -0.816. The first-order valence-corrected chi connectivity index (χ1v) is 4.14. The molecule has 0 bridgehead atoms. The molecule has 0 spiro atoms. The number of nitrogens with zero attached hydrogens (tertiary/aromatic N) is 2. The average Bonchev–Trinajstić information content (AvgIpc) is 2.47. The van der Waals surface area contributed by atoms with Crippen LogP contribution in [-0.4, -0.2) is 9.78 Å². The number of hydrogen-bond acceptors (Lipinski definition) is 1. The third-order valence-corrected chi connectivity index (χ3v) is 1.67. The topological polar surface area (TPSA) is 17.8 Å². The van der Waals surface area contributed by atoms with E-state index in [9.17, 15) is 13.2 Å². The molecular formula is C8H11F3N2. The first-order valence-electron chi connectivity index (χ1n) is 4.14. The van der Waals surface area contributed by atoms with Crippen molar-refractivity contribution in [2.75, 3.05) is 0 Å². The molecule has 74 valence electrons. The molecule has 0 aliphatic rings. The number of rotatable bonds is 3. The van der Waals surface area contributed by atoms with E-state index in [2.05, 4.69) is 5.10 Å². The van der Waals surface area contributed by atoms with Crippen LogP contribution in [0.4, 0.5) is 13.2 Å². The molecule has 0 N–H and O–H groups in total. The molecule has 1 aromatic rings. The zero-order valence-electron chi connectivity index (χ0n) is 7.30. The quantitative estimate of drug-likeness (QED) is 0.719. The summed E-state index contributed by atoms with van der Waals surface area (Å²) in [5, 5.41) is 3.41. The summed E-state index contributed by atoms with van der Waals surface area (Å²) in [6.45, 7) is 2.53. The number of halogens is 3. The predicted octanol–water partition coefficient (Wildman–Crippen LogP) is 2.70. The minimum Gasteiger partial charge on any atom is -0.272 e. The van der Waals surface area contributed by atoms with E-state index in [0.717, 1.165) is 18.9 Å². The number of aryl methyl sites for hydroxylation is 1. The van der Waals surface area contributed by atoms with Crippen LogP contribution in [0.1, 0.15) is 25.5 Å². The largest absolute Gasteiger partial charge is 0.435 e. The Morgan fingerprint density at radius 3 is 2.62 bits per heavy atom. The molecule has 13 heavy (non-hydrogen) atoms. The smallest absolute Gasteiger partial charge is 0.272 e. The number of aromatic nitrogens is 2. The van der Waals surface area contributed by atoms with E-state index in [0.29, 0.717) is 6.54 Å². The van der Waals surface area contributed by atoms with Crippen molar-refractivity contribution in [3.63, 3.8) is 0 Å². The van der Waals surface area contributed by atoms with Crippen molar-refractivity contribution in [2.45, 2.75) is 32.5 Å². The minimum absolute atomic E-state index is 0.548. The van der Waals surface area contributed by atoms with Crippen LogP contribution in [0.2, 0.25) is 0 Å². The van der Waals surface area contributed by atoms with Crippen LogP contribution in [0.3, 0.4) is 0 Å². The third-order valence-electron chi connectivity index (χ3n) is 1.67. The second-order valence-corrected chi connectivity index (χ2v) is 2.82. The van der Waals surface area contributed by atoms with Gasteiger partial charge in [0, 0.05) is 12.7 Å². The van der Waals surface area contributed by atoms with E-state index in [1.165, 1.54) is 10.9 Å². The molecule has 0 aliphatic carbocycles. The van der Waals surface area contributed by atoms with Crippen LogP contribution in [0.25, 0.3) is 0 Å². The molecule has 0 atom stereocenters. The molecule has 0 amide bonds. The second-order valence-electron chi connectivity index (χ2n) is 2.82. The SMILES string of the molecule is CCCCn1ccc(C(F)(F)F)n1. The summed E-state index contributed by atoms with van der Waals surface area (Å²) >= 11 is 0. The summed E-state index contributed by atoms with van der Waals surface area (Å²) in [4.78, 5) is 0. The Bertz CT molecular complexity index is 265. The monoisotopic (exact) mass is 192 g/mol. The van der Waals surface area contributed by atoms with Gasteiger partial charge in [-0.1, -0.05) is 13.3 Å². The highest BCUT2D eigenvalue weighted by Crippen LogP contribution is 2.27. The molecule has 0 aromatic carbocycles. The average molecular weight is 192 g/mol. The summed E-state index contributed by atoms with van der Waals surface area (Å²) in [5.74, 6) is 0. The Morgan fingerprint density at radius 2 is 2.15 bits per heavy atom. The number of unbranched alkanes of at least 4 members (excludes halogenated alkanes) is 1. The molecule has 0 radical (unpaired) electrons. The lowest BCUT2D eigenvalue weighted by Crippen LogP contribution is -2.07. The van der Waals surface area contributed by atoms with E-state index in [-0.39, 0.29) is 0 Å². The van der Waals surface area contributed by atoms with Gasteiger partial charge in [-0.3, -0.25) is 4.68 Å². The lowest BCUT2D eigenvalue weighted by molar-refractivity contribution is -0.141. The summed E-state index contributed by atoms with van der Waals surface area (Å²) in [6, 6.07) is 0.996. The van der Waals surface area contributed by atoms with Crippen LogP contribution in [0.5, 0.6) is 0 Å². The maximum absolute atomic E-state index is 12.0. The highest BCUT2D eigenvalue weighted by atomic mass is 19.4. The van der Waals surface area contributed by atoms with Crippen LogP contribution in [0, 0.1) is 0 Å². The summed E-state index contributed by atoms with van der Waals surface area (Å²) < 4.78 is 37.5. The number of alkyl halides is 3. The van der Waals surface area contributed by atoms with Gasteiger partial charge in [0.25, 0.3) is 0 Å². The Morgan fingerprint density at radius 1 is 1.46 bits per heavy atom. The molecule has 0 saturated carbocycles. The maximum Gasteiger partial charge on any atom is 0.435 e. The first-order chi connectivity index (χ1) is 6.04. The zero-order chi connectivity index (χ0) is 9.90. The van der Waals surface area contributed by atoms with E-state index in [1.807, 2.05) is 6.92 Å². The highest BCUT2D eigenvalue weighted by Gasteiger charge is 2.33. The van der Waals surface area contributed by atoms with Crippen LogP contribution in [-0.2, 0) is 12.7 Å². The van der Waals surface area contributed by atoms with Crippen molar-refractivity contribution in [2.24, 2.45) is 0 Å². The van der Waals surface area contributed by atoms with Gasteiger partial charge in [-0.25, -0.2) is 0 Å². The molecule has 0 aliphatic heterocycles. The van der Waals surface area contributed by atoms with Crippen LogP contribution in [0.15, 0.2) is 12.3 Å². The summed E-state index contributed by atoms with van der Waals surface area (Å²) in [6.07, 6.45) is -1.17. The van der Waals surface area contributed by atoms with Crippen molar-refractivity contribution < 1.29 is 13.2 Å². The van der Waals surface area contributed by atoms with Gasteiger partial charge in [-0.05, 0) is 12.5 Å². The molecule has 0 fully saturated rings. The van der Waals surface area contributed by atoms with Gasteiger partial charge in [0.05, 0.1) is 0 Å². The first kappa shape index (κ1) is 10.1. The fourth-order valence-corrected chi connectivity index (χ4v) is 0.958. The minimum atomic E-state index is -4.32. The maximum atomic E-state index is 12.0. The van der Waals surface area contributed by atoms with Gasteiger partial charge >= 0.3 is 6.18 Å². The van der Waals surface area contributed by atoms with Crippen molar-refractivity contribution in [3.05, 3.63) is 18.0 Å². The van der Waals surface area contributed by atoms with Gasteiger partial charge in [-0.2, -0.15) is 18.3 Å². The highest BCUT2D eigenvalue weighted by molar-refractivity contribution is 5.02. The molecule has 1 aromatic heterocycles. The standard InChI is InChI=1S/C8H11F3N2/c1-2-3-5-13-6-4-7(12-13)8(9,10)11/h4,6H,2-3,5H2,1H3. The fraction of sp³-hybridized carbons (Fsp3) is 0.625. The Labute approximate surface area is 74.4 Å². The van der Waals surface area contributed by atoms with Gasteiger partial charge in [0.15, 0.2) is 5.69 Å². The number of hydrogen-bond donors (Lipinski definition) is 0. The van der Waals surface area contributed by atoms with Crippen molar-refractivity contribution in [1.29, 1.82) is 0 Å². The Kier molecular flexibility index (Phi) is 2.95. The molecule has 1 rings (SSSR count). The Hall–Kier alpha value is -1.00. The normalized spacial score (nSPS) is 12.0. The molecule has 1 heterocycles. The van der Waals surface area contributed by atoms with Crippen molar-refractivity contribution in [3.8, 4) is 0 Å².